The van der Waals surface area contributed by atoms with E-state index in [1.165, 1.54) is 5.56 Å². The molecule has 1 atom stereocenters. The van der Waals surface area contributed by atoms with Crippen LogP contribution in [-0.4, -0.2) is 26.4 Å². The molecule has 0 spiro atoms. The van der Waals surface area contributed by atoms with E-state index in [9.17, 15) is 0 Å². The maximum Gasteiger partial charge on any atom is 0.122 e. The highest BCUT2D eigenvalue weighted by Crippen LogP contribution is 2.27. The van der Waals surface area contributed by atoms with Crippen molar-refractivity contribution in [2.75, 3.05) is 20.3 Å². The summed E-state index contributed by atoms with van der Waals surface area (Å²) < 4.78 is 10.7. The van der Waals surface area contributed by atoms with Gasteiger partial charge in [0.15, 0.2) is 0 Å². The van der Waals surface area contributed by atoms with E-state index in [-0.39, 0.29) is 11.5 Å². The van der Waals surface area contributed by atoms with E-state index in [0.717, 1.165) is 11.3 Å². The molecule has 102 valence electrons. The molecule has 0 amide bonds. The van der Waals surface area contributed by atoms with Crippen LogP contribution in [0.5, 0.6) is 5.75 Å². The third kappa shape index (κ3) is 4.31. The van der Waals surface area contributed by atoms with Crippen LogP contribution >= 0.6 is 0 Å². The van der Waals surface area contributed by atoms with E-state index in [2.05, 4.69) is 39.8 Å². The smallest absolute Gasteiger partial charge is 0.122 e. The lowest BCUT2D eigenvalue weighted by Gasteiger charge is -2.21. The molecular formula is C15H25NO2. The maximum atomic E-state index is 5.83. The van der Waals surface area contributed by atoms with Crippen LogP contribution in [0.3, 0.4) is 0 Å². The van der Waals surface area contributed by atoms with Gasteiger partial charge in [0, 0.05) is 7.11 Å². The Morgan fingerprint density at radius 2 is 1.89 bits per heavy atom. The van der Waals surface area contributed by atoms with Crippen molar-refractivity contribution < 1.29 is 9.47 Å². The van der Waals surface area contributed by atoms with Gasteiger partial charge in [0.05, 0.1) is 12.6 Å². The van der Waals surface area contributed by atoms with Crippen molar-refractivity contribution in [3.8, 4) is 5.75 Å². The molecule has 0 heterocycles. The fourth-order valence-corrected chi connectivity index (χ4v) is 1.74. The Kier molecular flexibility index (Phi) is 5.17. The second-order valence-electron chi connectivity index (χ2n) is 5.76. The van der Waals surface area contributed by atoms with Gasteiger partial charge in [-0.1, -0.05) is 32.9 Å². The highest BCUT2D eigenvalue weighted by Gasteiger charge is 2.15. The first kappa shape index (κ1) is 15.0. The van der Waals surface area contributed by atoms with Gasteiger partial charge in [-0.05, 0) is 29.5 Å². The van der Waals surface area contributed by atoms with Gasteiger partial charge < -0.3 is 15.2 Å². The summed E-state index contributed by atoms with van der Waals surface area (Å²) in [5, 5.41) is 0. The number of aryl methyl sites for hydroxylation is 1. The van der Waals surface area contributed by atoms with Gasteiger partial charge in [0.2, 0.25) is 0 Å². The van der Waals surface area contributed by atoms with Crippen LogP contribution in [0.4, 0.5) is 0 Å². The summed E-state index contributed by atoms with van der Waals surface area (Å²) in [7, 11) is 1.64. The molecule has 2 N–H and O–H groups in total. The van der Waals surface area contributed by atoms with Gasteiger partial charge in [-0.25, -0.2) is 0 Å². The number of ether oxygens (including phenoxy) is 2. The number of nitrogens with two attached hydrogens (primary N) is 1. The van der Waals surface area contributed by atoms with Gasteiger partial charge in [-0.3, -0.25) is 0 Å². The molecule has 0 bridgehead atoms. The summed E-state index contributed by atoms with van der Waals surface area (Å²) in [6.07, 6.45) is 0. The summed E-state index contributed by atoms with van der Waals surface area (Å²) >= 11 is 0. The quantitative estimate of drug-likeness (QED) is 0.875. The molecule has 1 aromatic carbocycles. The Morgan fingerprint density at radius 1 is 1.22 bits per heavy atom. The van der Waals surface area contributed by atoms with Crippen molar-refractivity contribution in [2.24, 2.45) is 5.73 Å². The molecule has 1 rings (SSSR count). The molecule has 0 saturated carbocycles. The van der Waals surface area contributed by atoms with Crippen LogP contribution in [0.1, 0.15) is 31.9 Å². The minimum atomic E-state index is -0.0864. The molecule has 0 aliphatic rings. The Labute approximate surface area is 110 Å². The van der Waals surface area contributed by atoms with E-state index in [1.807, 2.05) is 6.07 Å². The lowest BCUT2D eigenvalue weighted by molar-refractivity contribution is 0.152. The van der Waals surface area contributed by atoms with Crippen molar-refractivity contribution in [3.63, 3.8) is 0 Å². The summed E-state index contributed by atoms with van der Waals surface area (Å²) in [6, 6.07) is 6.23. The molecule has 0 aliphatic heterocycles. The highest BCUT2D eigenvalue weighted by atomic mass is 16.5. The first-order valence-corrected chi connectivity index (χ1v) is 6.33. The normalized spacial score (nSPS) is 13.4. The molecular weight excluding hydrogens is 226 g/mol. The zero-order chi connectivity index (χ0) is 13.8. The number of hydrogen-bond donors (Lipinski definition) is 1. The average molecular weight is 251 g/mol. The predicted molar refractivity (Wildman–Crippen MR) is 75.2 cm³/mol. The average Bonchev–Trinajstić information content (AvgIpc) is 2.26. The Bertz CT molecular complexity index is 383. The minimum absolute atomic E-state index is 0.0864. The van der Waals surface area contributed by atoms with Crippen molar-refractivity contribution in [1.82, 2.24) is 0 Å². The Hall–Kier alpha value is -1.06. The lowest BCUT2D eigenvalue weighted by Crippen LogP contribution is -2.32. The molecule has 0 radical (unpaired) electrons. The van der Waals surface area contributed by atoms with Gasteiger partial charge in [-0.15, -0.1) is 0 Å². The summed E-state index contributed by atoms with van der Waals surface area (Å²) in [4.78, 5) is 0. The van der Waals surface area contributed by atoms with Crippen LogP contribution in [0.15, 0.2) is 18.2 Å². The fourth-order valence-electron chi connectivity index (χ4n) is 1.74. The van der Waals surface area contributed by atoms with Gasteiger partial charge in [0.1, 0.15) is 12.4 Å². The molecule has 0 aromatic heterocycles. The lowest BCUT2D eigenvalue weighted by atomic mass is 9.86. The molecule has 0 aliphatic carbocycles. The highest BCUT2D eigenvalue weighted by molar-refractivity contribution is 5.38. The second kappa shape index (κ2) is 6.21. The zero-order valence-electron chi connectivity index (χ0n) is 12.1. The van der Waals surface area contributed by atoms with Crippen LogP contribution in [0.25, 0.3) is 0 Å². The van der Waals surface area contributed by atoms with Gasteiger partial charge in [0.25, 0.3) is 0 Å². The maximum absolute atomic E-state index is 5.83. The Morgan fingerprint density at radius 3 is 2.39 bits per heavy atom. The second-order valence-corrected chi connectivity index (χ2v) is 5.76. The van der Waals surface area contributed by atoms with Gasteiger partial charge in [-0.2, -0.15) is 0 Å². The van der Waals surface area contributed by atoms with Crippen molar-refractivity contribution in [2.45, 2.75) is 39.2 Å². The molecule has 1 aromatic rings. The zero-order valence-corrected chi connectivity index (χ0v) is 12.1. The SMILES string of the molecule is COCC(N)COc1ccc(C(C)(C)C)cc1C. The van der Waals surface area contributed by atoms with Crippen LogP contribution < -0.4 is 10.5 Å². The van der Waals surface area contributed by atoms with E-state index >= 15 is 0 Å². The van der Waals surface area contributed by atoms with Crippen LogP contribution in [-0.2, 0) is 10.2 Å². The minimum Gasteiger partial charge on any atom is -0.492 e. The number of benzene rings is 1. The third-order valence-electron chi connectivity index (χ3n) is 2.87. The number of hydrogen-bond acceptors (Lipinski definition) is 3. The first-order valence-electron chi connectivity index (χ1n) is 6.33. The molecule has 1 unspecified atom stereocenters. The predicted octanol–water partition coefficient (Wildman–Crippen LogP) is 2.65. The monoisotopic (exact) mass is 251 g/mol. The first-order chi connectivity index (χ1) is 8.34. The molecule has 0 fully saturated rings. The van der Waals surface area contributed by atoms with Crippen LogP contribution in [0, 0.1) is 6.92 Å². The summed E-state index contributed by atoms with van der Waals surface area (Å²) in [6.45, 7) is 9.67. The molecule has 0 saturated heterocycles. The molecule has 18 heavy (non-hydrogen) atoms. The van der Waals surface area contributed by atoms with E-state index in [0.29, 0.717) is 13.2 Å². The standard InChI is InChI=1S/C15H25NO2/c1-11-8-12(15(2,3)4)6-7-14(11)18-10-13(16)9-17-5/h6-8,13H,9-10,16H2,1-5H3. The van der Waals surface area contributed by atoms with Crippen LogP contribution in [0.2, 0.25) is 0 Å². The third-order valence-corrected chi connectivity index (χ3v) is 2.87. The topological polar surface area (TPSA) is 44.5 Å². The summed E-state index contributed by atoms with van der Waals surface area (Å²) in [5.74, 6) is 0.898. The van der Waals surface area contributed by atoms with E-state index in [4.69, 9.17) is 15.2 Å². The van der Waals surface area contributed by atoms with E-state index in [1.54, 1.807) is 7.11 Å². The largest absolute Gasteiger partial charge is 0.492 e. The van der Waals surface area contributed by atoms with Gasteiger partial charge >= 0.3 is 0 Å². The molecule has 3 nitrogen and oxygen atoms in total. The number of rotatable bonds is 5. The van der Waals surface area contributed by atoms with Crippen molar-refractivity contribution in [3.05, 3.63) is 29.3 Å². The fraction of sp³-hybridized carbons (Fsp3) is 0.600. The molecule has 3 heteroatoms. The van der Waals surface area contributed by atoms with Crippen molar-refractivity contribution in [1.29, 1.82) is 0 Å². The van der Waals surface area contributed by atoms with Crippen molar-refractivity contribution >= 4 is 0 Å². The number of methoxy groups -OCH3 is 1. The van der Waals surface area contributed by atoms with E-state index < -0.39 is 0 Å². The summed E-state index contributed by atoms with van der Waals surface area (Å²) in [5.41, 5.74) is 8.45. The Balaban J connectivity index is 2.69.